The second kappa shape index (κ2) is 8.00. The number of ether oxygens (including phenoxy) is 1. The summed E-state index contributed by atoms with van der Waals surface area (Å²) < 4.78 is 5.79. The van der Waals surface area contributed by atoms with E-state index in [-0.39, 0.29) is 0 Å². The van der Waals surface area contributed by atoms with Crippen molar-refractivity contribution in [2.45, 2.75) is 63.8 Å². The molecule has 0 rings (SSSR count). The minimum Gasteiger partial charge on any atom is -0.341 e. The van der Waals surface area contributed by atoms with Gasteiger partial charge in [0.25, 0.3) is 0 Å². The molecule has 0 aliphatic rings. The van der Waals surface area contributed by atoms with Gasteiger partial charge in [-0.3, -0.25) is 0 Å². The molecule has 0 radical (unpaired) electrons. The summed E-state index contributed by atoms with van der Waals surface area (Å²) in [5.74, 6) is 0. The monoisotopic (exact) mass is 246 g/mol. The standard InChI is InChI=1S/C12H30N4O/c1-11(15,7-3-5-9-13)17-12(2,16)8-4-6-10-14/h3-10,13-16H2,1-2H3. The quantitative estimate of drug-likeness (QED) is 0.333. The Bertz CT molecular complexity index is 175. The minimum atomic E-state index is -0.679. The van der Waals surface area contributed by atoms with Crippen molar-refractivity contribution < 1.29 is 4.74 Å². The highest BCUT2D eigenvalue weighted by Crippen LogP contribution is 2.21. The molecule has 5 nitrogen and oxygen atoms in total. The van der Waals surface area contributed by atoms with Crippen molar-refractivity contribution in [2.75, 3.05) is 13.1 Å². The Morgan fingerprint density at radius 1 is 0.765 bits per heavy atom. The third kappa shape index (κ3) is 9.50. The van der Waals surface area contributed by atoms with Crippen LogP contribution in [0.4, 0.5) is 0 Å². The summed E-state index contributed by atoms with van der Waals surface area (Å²) in [6.45, 7) is 5.12. The van der Waals surface area contributed by atoms with Crippen LogP contribution in [0.15, 0.2) is 0 Å². The first-order chi connectivity index (χ1) is 7.83. The molecule has 2 atom stereocenters. The van der Waals surface area contributed by atoms with Gasteiger partial charge in [-0.25, -0.2) is 0 Å². The smallest absolute Gasteiger partial charge is 0.116 e. The highest BCUT2D eigenvalue weighted by molar-refractivity contribution is 4.75. The van der Waals surface area contributed by atoms with Gasteiger partial charge >= 0.3 is 0 Å². The van der Waals surface area contributed by atoms with Gasteiger partial charge < -0.3 is 27.7 Å². The van der Waals surface area contributed by atoms with Crippen LogP contribution in [-0.2, 0) is 4.74 Å². The molecule has 0 fully saturated rings. The summed E-state index contributed by atoms with van der Waals surface area (Å²) in [5, 5.41) is 0. The average molecular weight is 246 g/mol. The molecule has 0 saturated heterocycles. The van der Waals surface area contributed by atoms with Gasteiger partial charge in [-0.05, 0) is 65.5 Å². The molecule has 0 aliphatic heterocycles. The van der Waals surface area contributed by atoms with Gasteiger partial charge in [-0.15, -0.1) is 0 Å². The normalized spacial score (nSPS) is 18.7. The van der Waals surface area contributed by atoms with Gasteiger partial charge in [0.2, 0.25) is 0 Å². The third-order valence-electron chi connectivity index (χ3n) is 2.72. The van der Waals surface area contributed by atoms with Crippen LogP contribution in [0.3, 0.4) is 0 Å². The number of rotatable bonds is 10. The fourth-order valence-corrected chi connectivity index (χ4v) is 1.88. The largest absolute Gasteiger partial charge is 0.341 e. The van der Waals surface area contributed by atoms with Crippen molar-refractivity contribution in [1.29, 1.82) is 0 Å². The van der Waals surface area contributed by atoms with Crippen molar-refractivity contribution >= 4 is 0 Å². The van der Waals surface area contributed by atoms with Crippen molar-refractivity contribution in [3.63, 3.8) is 0 Å². The molecule has 0 aromatic rings. The molecule has 0 aliphatic carbocycles. The highest BCUT2D eigenvalue weighted by Gasteiger charge is 2.29. The number of nitrogens with two attached hydrogens (primary N) is 4. The van der Waals surface area contributed by atoms with E-state index in [4.69, 9.17) is 27.7 Å². The van der Waals surface area contributed by atoms with Gasteiger partial charge in [0.05, 0.1) is 0 Å². The second-order valence-electron chi connectivity index (χ2n) is 5.22. The molecule has 0 amide bonds. The fourth-order valence-electron chi connectivity index (χ4n) is 1.88. The molecule has 0 saturated carbocycles. The van der Waals surface area contributed by atoms with E-state index in [1.165, 1.54) is 0 Å². The maximum absolute atomic E-state index is 6.08. The van der Waals surface area contributed by atoms with Crippen LogP contribution in [0, 0.1) is 0 Å². The summed E-state index contributed by atoms with van der Waals surface area (Å²) in [6, 6.07) is 0. The summed E-state index contributed by atoms with van der Waals surface area (Å²) >= 11 is 0. The lowest BCUT2D eigenvalue weighted by Gasteiger charge is -2.35. The van der Waals surface area contributed by atoms with E-state index in [2.05, 4.69) is 0 Å². The number of hydrogen-bond donors (Lipinski definition) is 4. The van der Waals surface area contributed by atoms with E-state index in [1.807, 2.05) is 13.8 Å². The van der Waals surface area contributed by atoms with Crippen LogP contribution in [0.25, 0.3) is 0 Å². The third-order valence-corrected chi connectivity index (χ3v) is 2.72. The Kier molecular flexibility index (Phi) is 7.91. The Hall–Kier alpha value is -0.200. The Morgan fingerprint density at radius 3 is 1.41 bits per heavy atom. The summed E-state index contributed by atoms with van der Waals surface area (Å²) in [5.41, 5.74) is 21.7. The van der Waals surface area contributed by atoms with Crippen LogP contribution < -0.4 is 22.9 Å². The van der Waals surface area contributed by atoms with Crippen LogP contribution in [-0.4, -0.2) is 24.5 Å². The molecular weight excluding hydrogens is 216 g/mol. The zero-order valence-corrected chi connectivity index (χ0v) is 11.4. The van der Waals surface area contributed by atoms with Gasteiger partial charge in [-0.2, -0.15) is 0 Å². The summed E-state index contributed by atoms with van der Waals surface area (Å²) in [6.07, 6.45) is 5.39. The zero-order valence-electron chi connectivity index (χ0n) is 11.4. The summed E-state index contributed by atoms with van der Waals surface area (Å²) in [7, 11) is 0. The van der Waals surface area contributed by atoms with Crippen LogP contribution in [0.5, 0.6) is 0 Å². The highest BCUT2D eigenvalue weighted by atomic mass is 16.5. The topological polar surface area (TPSA) is 113 Å². The second-order valence-corrected chi connectivity index (χ2v) is 5.22. The number of unbranched alkanes of at least 4 members (excludes halogenated alkanes) is 2. The van der Waals surface area contributed by atoms with E-state index >= 15 is 0 Å². The molecule has 0 spiro atoms. The first kappa shape index (κ1) is 16.8. The molecule has 8 N–H and O–H groups in total. The van der Waals surface area contributed by atoms with Crippen molar-refractivity contribution in [2.24, 2.45) is 22.9 Å². The summed E-state index contributed by atoms with van der Waals surface area (Å²) in [4.78, 5) is 0. The molecular formula is C12H30N4O. The van der Waals surface area contributed by atoms with Gasteiger partial charge in [0.1, 0.15) is 11.4 Å². The fraction of sp³-hybridized carbons (Fsp3) is 1.00. The van der Waals surface area contributed by atoms with Gasteiger partial charge in [0, 0.05) is 0 Å². The van der Waals surface area contributed by atoms with E-state index in [1.54, 1.807) is 0 Å². The minimum absolute atomic E-state index is 0.679. The van der Waals surface area contributed by atoms with E-state index in [9.17, 15) is 0 Å². The Labute approximate surface area is 105 Å². The maximum atomic E-state index is 6.08. The number of hydrogen-bond acceptors (Lipinski definition) is 5. The van der Waals surface area contributed by atoms with Crippen molar-refractivity contribution in [3.8, 4) is 0 Å². The molecule has 5 heteroatoms. The first-order valence-electron chi connectivity index (χ1n) is 6.51. The molecule has 104 valence electrons. The van der Waals surface area contributed by atoms with Crippen molar-refractivity contribution in [1.82, 2.24) is 0 Å². The van der Waals surface area contributed by atoms with Crippen LogP contribution in [0.2, 0.25) is 0 Å². The lowest BCUT2D eigenvalue weighted by Crippen LogP contribution is -2.52. The average Bonchev–Trinajstić information content (AvgIpc) is 2.16. The van der Waals surface area contributed by atoms with Crippen LogP contribution >= 0.6 is 0 Å². The molecule has 2 unspecified atom stereocenters. The zero-order chi connectivity index (χ0) is 13.4. The van der Waals surface area contributed by atoms with Gasteiger partial charge in [0.15, 0.2) is 0 Å². The van der Waals surface area contributed by atoms with Crippen molar-refractivity contribution in [3.05, 3.63) is 0 Å². The molecule has 0 aromatic heterocycles. The first-order valence-corrected chi connectivity index (χ1v) is 6.51. The maximum Gasteiger partial charge on any atom is 0.116 e. The van der Waals surface area contributed by atoms with E-state index in [0.717, 1.165) is 38.5 Å². The van der Waals surface area contributed by atoms with Gasteiger partial charge in [-0.1, -0.05) is 0 Å². The Morgan fingerprint density at radius 2 is 1.12 bits per heavy atom. The van der Waals surface area contributed by atoms with E-state index < -0.39 is 11.4 Å². The van der Waals surface area contributed by atoms with Crippen LogP contribution in [0.1, 0.15) is 52.4 Å². The SMILES string of the molecule is CC(N)(CCCCN)OC(C)(N)CCCCN. The molecule has 0 heterocycles. The lowest BCUT2D eigenvalue weighted by molar-refractivity contribution is -0.143. The predicted octanol–water partition coefficient (Wildman–Crippen LogP) is 0.611. The van der Waals surface area contributed by atoms with E-state index in [0.29, 0.717) is 13.1 Å². The molecule has 0 aromatic carbocycles. The molecule has 17 heavy (non-hydrogen) atoms. The lowest BCUT2D eigenvalue weighted by atomic mass is 10.0. The Balaban J connectivity index is 3.99. The molecule has 0 bridgehead atoms. The predicted molar refractivity (Wildman–Crippen MR) is 72.1 cm³/mol.